The van der Waals surface area contributed by atoms with Gasteiger partial charge in [-0.3, -0.25) is 10.1 Å². The molecular weight excluding hydrogens is 434 g/mol. The number of benzene rings is 2. The first-order chi connectivity index (χ1) is 15.0. The van der Waals surface area contributed by atoms with Crippen LogP contribution in [0.5, 0.6) is 5.75 Å². The molecule has 7 nitrogen and oxygen atoms in total. The number of sulfonamides is 1. The Bertz CT molecular complexity index is 1150. The lowest BCUT2D eigenvalue weighted by Crippen LogP contribution is -2.27. The summed E-state index contributed by atoms with van der Waals surface area (Å²) in [7, 11) is -3.44. The molecule has 1 fully saturated rings. The SMILES string of the molecule is CCOc1ccc(C(=O)Nc2nc(-c3ccc(S(=O)(=O)N4CCCC4)cc3)cs2)cc1. The lowest BCUT2D eigenvalue weighted by atomic mass is 10.2. The normalized spacial score (nSPS) is 14.5. The van der Waals surface area contributed by atoms with Gasteiger partial charge in [-0.1, -0.05) is 12.1 Å². The quantitative estimate of drug-likeness (QED) is 0.573. The number of nitrogens with zero attached hydrogens (tertiary/aromatic N) is 2. The number of ether oxygens (including phenoxy) is 1. The molecule has 0 saturated carbocycles. The molecule has 1 N–H and O–H groups in total. The van der Waals surface area contributed by atoms with E-state index < -0.39 is 10.0 Å². The topological polar surface area (TPSA) is 88.6 Å². The Morgan fingerprint density at radius 2 is 1.77 bits per heavy atom. The van der Waals surface area contributed by atoms with Crippen LogP contribution < -0.4 is 10.1 Å². The van der Waals surface area contributed by atoms with Gasteiger partial charge in [0.2, 0.25) is 10.0 Å². The molecule has 1 aromatic heterocycles. The van der Waals surface area contributed by atoms with Crippen molar-refractivity contribution in [1.29, 1.82) is 0 Å². The third-order valence-electron chi connectivity index (χ3n) is 5.01. The van der Waals surface area contributed by atoms with Crippen molar-refractivity contribution in [3.8, 4) is 17.0 Å². The lowest BCUT2D eigenvalue weighted by molar-refractivity contribution is 0.102. The predicted octanol–water partition coefficient (Wildman–Crippen LogP) is 4.25. The van der Waals surface area contributed by atoms with Gasteiger partial charge in [0.15, 0.2) is 5.13 Å². The number of hydrogen-bond donors (Lipinski definition) is 1. The van der Waals surface area contributed by atoms with Crippen molar-refractivity contribution in [3.05, 3.63) is 59.5 Å². The maximum atomic E-state index is 12.7. The van der Waals surface area contributed by atoms with Gasteiger partial charge in [0.25, 0.3) is 5.91 Å². The number of aromatic nitrogens is 1. The van der Waals surface area contributed by atoms with Crippen molar-refractivity contribution in [1.82, 2.24) is 9.29 Å². The van der Waals surface area contributed by atoms with Gasteiger partial charge in [-0.05, 0) is 56.2 Å². The molecule has 0 aliphatic carbocycles. The number of rotatable bonds is 7. The highest BCUT2D eigenvalue weighted by atomic mass is 32.2. The molecule has 162 valence electrons. The molecule has 1 aliphatic heterocycles. The Balaban J connectivity index is 1.44. The van der Waals surface area contributed by atoms with Gasteiger partial charge < -0.3 is 4.74 Å². The standard InChI is InChI=1S/C22H23N3O4S2/c1-2-29-18-9-5-17(6-10-18)21(26)24-22-23-20(15-30-22)16-7-11-19(12-8-16)31(27,28)25-13-3-4-14-25/h5-12,15H,2-4,13-14H2,1H3,(H,23,24,26). The number of carbonyl (C=O) groups excluding carboxylic acids is 1. The highest BCUT2D eigenvalue weighted by Crippen LogP contribution is 2.28. The third kappa shape index (κ3) is 4.79. The first kappa shape index (κ1) is 21.5. The van der Waals surface area contributed by atoms with E-state index in [0.29, 0.717) is 41.8 Å². The zero-order chi connectivity index (χ0) is 21.8. The second kappa shape index (κ2) is 9.17. The number of nitrogens with one attached hydrogen (secondary N) is 1. The summed E-state index contributed by atoms with van der Waals surface area (Å²) in [5, 5.41) is 5.10. The van der Waals surface area contributed by atoms with Crippen LogP contribution in [0.25, 0.3) is 11.3 Å². The number of carbonyl (C=O) groups is 1. The highest BCUT2D eigenvalue weighted by Gasteiger charge is 2.27. The van der Waals surface area contributed by atoms with Crippen molar-refractivity contribution in [2.24, 2.45) is 0 Å². The van der Waals surface area contributed by atoms with Crippen molar-refractivity contribution in [2.75, 3.05) is 25.0 Å². The van der Waals surface area contributed by atoms with Crippen molar-refractivity contribution < 1.29 is 17.9 Å². The van der Waals surface area contributed by atoms with E-state index in [4.69, 9.17) is 4.74 Å². The number of amides is 1. The Labute approximate surface area is 185 Å². The van der Waals surface area contributed by atoms with Gasteiger partial charge in [0, 0.05) is 29.6 Å². The van der Waals surface area contributed by atoms with Crippen LogP contribution in [0.2, 0.25) is 0 Å². The van der Waals surface area contributed by atoms with Crippen LogP contribution in [-0.4, -0.2) is 43.3 Å². The van der Waals surface area contributed by atoms with Crippen molar-refractivity contribution in [3.63, 3.8) is 0 Å². The molecule has 0 bridgehead atoms. The summed E-state index contributed by atoms with van der Waals surface area (Å²) in [6.45, 7) is 3.63. The molecule has 0 unspecified atom stereocenters. The average molecular weight is 458 g/mol. The van der Waals surface area contributed by atoms with Crippen LogP contribution >= 0.6 is 11.3 Å². The fraction of sp³-hybridized carbons (Fsp3) is 0.273. The molecule has 2 aromatic carbocycles. The van der Waals surface area contributed by atoms with E-state index in [1.807, 2.05) is 12.3 Å². The second-order valence-electron chi connectivity index (χ2n) is 7.08. The predicted molar refractivity (Wildman–Crippen MR) is 121 cm³/mol. The number of hydrogen-bond acceptors (Lipinski definition) is 6. The summed E-state index contributed by atoms with van der Waals surface area (Å²) < 4.78 is 32.2. The summed E-state index contributed by atoms with van der Waals surface area (Å²) in [4.78, 5) is 17.2. The average Bonchev–Trinajstić information content (AvgIpc) is 3.47. The van der Waals surface area contributed by atoms with E-state index in [1.165, 1.54) is 15.6 Å². The molecule has 4 rings (SSSR count). The smallest absolute Gasteiger partial charge is 0.257 e. The molecule has 1 amide bonds. The summed E-state index contributed by atoms with van der Waals surface area (Å²) in [5.41, 5.74) is 1.98. The van der Waals surface area contributed by atoms with Crippen molar-refractivity contribution in [2.45, 2.75) is 24.7 Å². The second-order valence-corrected chi connectivity index (χ2v) is 9.88. The van der Waals surface area contributed by atoms with E-state index in [1.54, 1.807) is 48.5 Å². The zero-order valence-corrected chi connectivity index (χ0v) is 18.7. The maximum absolute atomic E-state index is 12.7. The highest BCUT2D eigenvalue weighted by molar-refractivity contribution is 7.89. The minimum Gasteiger partial charge on any atom is -0.494 e. The van der Waals surface area contributed by atoms with Crippen LogP contribution in [0.4, 0.5) is 5.13 Å². The molecule has 3 aromatic rings. The minimum atomic E-state index is -3.44. The molecular formula is C22H23N3O4S2. The van der Waals surface area contributed by atoms with Crippen LogP contribution in [0.1, 0.15) is 30.1 Å². The summed E-state index contributed by atoms with van der Waals surface area (Å²) in [5.74, 6) is 0.460. The van der Waals surface area contributed by atoms with Gasteiger partial charge in [-0.2, -0.15) is 4.31 Å². The summed E-state index contributed by atoms with van der Waals surface area (Å²) in [6.07, 6.45) is 1.81. The molecule has 0 spiro atoms. The van der Waals surface area contributed by atoms with E-state index >= 15 is 0 Å². The lowest BCUT2D eigenvalue weighted by Gasteiger charge is -2.15. The van der Waals surface area contributed by atoms with Crippen LogP contribution in [-0.2, 0) is 10.0 Å². The molecule has 1 saturated heterocycles. The van der Waals surface area contributed by atoms with E-state index in [0.717, 1.165) is 18.4 Å². The van der Waals surface area contributed by atoms with E-state index in [2.05, 4.69) is 10.3 Å². The van der Waals surface area contributed by atoms with Crippen molar-refractivity contribution >= 4 is 32.4 Å². The fourth-order valence-corrected chi connectivity index (χ4v) is 5.61. The molecule has 31 heavy (non-hydrogen) atoms. The van der Waals surface area contributed by atoms with Gasteiger partial charge >= 0.3 is 0 Å². The number of anilines is 1. The Morgan fingerprint density at radius 1 is 1.10 bits per heavy atom. The zero-order valence-electron chi connectivity index (χ0n) is 17.1. The molecule has 1 aliphatic rings. The van der Waals surface area contributed by atoms with E-state index in [-0.39, 0.29) is 10.8 Å². The maximum Gasteiger partial charge on any atom is 0.257 e. The van der Waals surface area contributed by atoms with E-state index in [9.17, 15) is 13.2 Å². The first-order valence-electron chi connectivity index (χ1n) is 10.1. The number of thiazole rings is 1. The molecule has 0 atom stereocenters. The Kier molecular flexibility index (Phi) is 6.35. The molecule has 2 heterocycles. The van der Waals surface area contributed by atoms with Gasteiger partial charge in [-0.15, -0.1) is 11.3 Å². The first-order valence-corrected chi connectivity index (χ1v) is 12.4. The summed E-state index contributed by atoms with van der Waals surface area (Å²) >= 11 is 1.31. The van der Waals surface area contributed by atoms with Gasteiger partial charge in [0.05, 0.1) is 17.2 Å². The fourth-order valence-electron chi connectivity index (χ4n) is 3.38. The monoisotopic (exact) mass is 457 g/mol. The molecule has 9 heteroatoms. The van der Waals surface area contributed by atoms with Gasteiger partial charge in [-0.25, -0.2) is 13.4 Å². The summed E-state index contributed by atoms with van der Waals surface area (Å²) in [6, 6.07) is 13.6. The third-order valence-corrected chi connectivity index (χ3v) is 7.68. The minimum absolute atomic E-state index is 0.254. The Hall–Kier alpha value is -2.75. The Morgan fingerprint density at radius 3 is 2.42 bits per heavy atom. The van der Waals surface area contributed by atoms with Gasteiger partial charge in [0.1, 0.15) is 5.75 Å². The van der Waals surface area contributed by atoms with Crippen LogP contribution in [0, 0.1) is 0 Å². The van der Waals surface area contributed by atoms with Crippen LogP contribution in [0.15, 0.2) is 58.8 Å². The largest absolute Gasteiger partial charge is 0.494 e. The van der Waals surface area contributed by atoms with Crippen LogP contribution in [0.3, 0.4) is 0 Å². The molecule has 0 radical (unpaired) electrons.